The van der Waals surface area contributed by atoms with Crippen LogP contribution in [0.1, 0.15) is 60.9 Å². The maximum atomic E-state index is 5.28. The molecule has 31 heavy (non-hydrogen) atoms. The molecule has 162 valence electrons. The molecule has 5 rings (SSSR count). The molecular formula is C27H34N4. The number of benzene rings is 2. The molecule has 1 fully saturated rings. The van der Waals surface area contributed by atoms with Crippen molar-refractivity contribution in [2.75, 3.05) is 25.0 Å². The lowest BCUT2D eigenvalue weighted by Crippen LogP contribution is -2.32. The molecule has 3 aromatic rings. The maximum Gasteiger partial charge on any atom is 0.133 e. The maximum absolute atomic E-state index is 5.28. The van der Waals surface area contributed by atoms with E-state index >= 15 is 0 Å². The van der Waals surface area contributed by atoms with Gasteiger partial charge in [-0.15, -0.1) is 0 Å². The van der Waals surface area contributed by atoms with Crippen LogP contribution in [0.15, 0.2) is 54.6 Å². The van der Waals surface area contributed by atoms with Crippen molar-refractivity contribution in [3.8, 4) is 5.69 Å². The number of aromatic nitrogens is 2. The number of aryl methyl sites for hydroxylation is 1. The molecule has 0 radical (unpaired) electrons. The highest BCUT2D eigenvalue weighted by Crippen LogP contribution is 2.37. The van der Waals surface area contributed by atoms with Crippen LogP contribution >= 0.6 is 0 Å². The van der Waals surface area contributed by atoms with E-state index in [4.69, 9.17) is 5.10 Å². The van der Waals surface area contributed by atoms with Crippen LogP contribution in [0.4, 0.5) is 5.82 Å². The minimum absolute atomic E-state index is 0.565. The van der Waals surface area contributed by atoms with E-state index < -0.39 is 0 Å². The zero-order chi connectivity index (χ0) is 21.0. The first-order valence-corrected chi connectivity index (χ1v) is 12.0. The Bertz CT molecular complexity index is 999. The molecule has 0 bridgehead atoms. The van der Waals surface area contributed by atoms with Gasteiger partial charge in [-0.25, -0.2) is 4.68 Å². The molecule has 2 aliphatic rings. The topological polar surface area (TPSA) is 33.1 Å². The van der Waals surface area contributed by atoms with Gasteiger partial charge in [-0.3, -0.25) is 4.90 Å². The molecule has 0 spiro atoms. The lowest BCUT2D eigenvalue weighted by molar-refractivity contribution is 0.203. The smallest absolute Gasteiger partial charge is 0.133 e. The van der Waals surface area contributed by atoms with Gasteiger partial charge in [0, 0.05) is 24.6 Å². The van der Waals surface area contributed by atoms with Gasteiger partial charge in [0.1, 0.15) is 5.82 Å². The average Bonchev–Trinajstić information content (AvgIpc) is 3.00. The fraction of sp³-hybridized carbons (Fsp3) is 0.444. The summed E-state index contributed by atoms with van der Waals surface area (Å²) in [4.78, 5) is 2.60. The second-order valence-electron chi connectivity index (χ2n) is 9.03. The van der Waals surface area contributed by atoms with Crippen LogP contribution in [-0.4, -0.2) is 34.3 Å². The summed E-state index contributed by atoms with van der Waals surface area (Å²) in [5, 5.41) is 9.02. The molecule has 3 heterocycles. The van der Waals surface area contributed by atoms with Gasteiger partial charge in [-0.05, 0) is 68.8 Å². The number of hydrogen-bond donors (Lipinski definition) is 1. The molecule has 2 aromatic carbocycles. The Hall–Kier alpha value is -2.59. The molecule has 4 nitrogen and oxygen atoms in total. The molecule has 0 unspecified atom stereocenters. The molecule has 0 amide bonds. The summed E-state index contributed by atoms with van der Waals surface area (Å²) >= 11 is 0. The van der Waals surface area contributed by atoms with Crippen molar-refractivity contribution in [1.29, 1.82) is 0 Å². The lowest BCUT2D eigenvalue weighted by atomic mass is 9.90. The second-order valence-corrected chi connectivity index (χ2v) is 9.03. The van der Waals surface area contributed by atoms with E-state index in [1.807, 2.05) is 0 Å². The fourth-order valence-corrected chi connectivity index (χ4v) is 5.25. The summed E-state index contributed by atoms with van der Waals surface area (Å²) < 4.78 is 2.23. The molecule has 2 aliphatic heterocycles. The largest absolute Gasteiger partial charge is 0.370 e. The molecule has 4 heteroatoms. The van der Waals surface area contributed by atoms with Crippen LogP contribution in [0.2, 0.25) is 0 Å². The SMILES string of the molecule is CCc1ccccc1-n1nc(C2CCN(Cc3ccccc3)CC2)c2c1NCCCC2. The van der Waals surface area contributed by atoms with Crippen LogP contribution in [0, 0.1) is 0 Å². The number of nitrogens with one attached hydrogen (secondary N) is 1. The van der Waals surface area contributed by atoms with Crippen molar-refractivity contribution in [3.05, 3.63) is 77.0 Å². The zero-order valence-corrected chi connectivity index (χ0v) is 18.7. The van der Waals surface area contributed by atoms with E-state index in [0.717, 1.165) is 39.0 Å². The van der Waals surface area contributed by atoms with Crippen molar-refractivity contribution < 1.29 is 0 Å². The van der Waals surface area contributed by atoms with E-state index in [0.29, 0.717) is 5.92 Å². The molecule has 1 saturated heterocycles. The number of fused-ring (bicyclic) bond motifs is 1. The van der Waals surface area contributed by atoms with Crippen molar-refractivity contribution in [3.63, 3.8) is 0 Å². The third-order valence-electron chi connectivity index (χ3n) is 6.98. The van der Waals surface area contributed by atoms with Gasteiger partial charge in [0.05, 0.1) is 11.4 Å². The van der Waals surface area contributed by atoms with Crippen LogP contribution < -0.4 is 5.32 Å². The first kappa shape index (κ1) is 20.3. The van der Waals surface area contributed by atoms with Crippen LogP contribution in [0.5, 0.6) is 0 Å². The number of hydrogen-bond acceptors (Lipinski definition) is 3. The second kappa shape index (κ2) is 9.27. The molecule has 0 aliphatic carbocycles. The highest BCUT2D eigenvalue weighted by Gasteiger charge is 2.29. The van der Waals surface area contributed by atoms with E-state index in [1.165, 1.54) is 59.6 Å². The number of nitrogens with zero attached hydrogens (tertiary/aromatic N) is 3. The van der Waals surface area contributed by atoms with Crippen molar-refractivity contribution >= 4 is 5.82 Å². The number of anilines is 1. The van der Waals surface area contributed by atoms with Gasteiger partial charge in [0.2, 0.25) is 0 Å². The predicted molar refractivity (Wildman–Crippen MR) is 128 cm³/mol. The van der Waals surface area contributed by atoms with E-state index in [1.54, 1.807) is 0 Å². The highest BCUT2D eigenvalue weighted by atomic mass is 15.3. The van der Waals surface area contributed by atoms with Gasteiger partial charge in [0.15, 0.2) is 0 Å². The number of piperidine rings is 1. The van der Waals surface area contributed by atoms with Gasteiger partial charge < -0.3 is 5.32 Å². The Kier molecular flexibility index (Phi) is 6.08. The Morgan fingerprint density at radius 3 is 2.55 bits per heavy atom. The Morgan fingerprint density at radius 2 is 1.74 bits per heavy atom. The summed E-state index contributed by atoms with van der Waals surface area (Å²) in [6, 6.07) is 19.6. The monoisotopic (exact) mass is 414 g/mol. The number of rotatable bonds is 5. The van der Waals surface area contributed by atoms with Crippen LogP contribution in [0.25, 0.3) is 5.69 Å². The Balaban J connectivity index is 1.40. The minimum Gasteiger partial charge on any atom is -0.370 e. The van der Waals surface area contributed by atoms with E-state index in [2.05, 4.69) is 76.4 Å². The Labute approximate surface area is 186 Å². The quantitative estimate of drug-likeness (QED) is 0.593. The fourth-order valence-electron chi connectivity index (χ4n) is 5.25. The van der Waals surface area contributed by atoms with E-state index in [9.17, 15) is 0 Å². The van der Waals surface area contributed by atoms with Gasteiger partial charge in [-0.1, -0.05) is 55.5 Å². The summed E-state index contributed by atoms with van der Waals surface area (Å²) in [7, 11) is 0. The summed E-state index contributed by atoms with van der Waals surface area (Å²) in [6.07, 6.45) is 7.06. The van der Waals surface area contributed by atoms with Crippen molar-refractivity contribution in [1.82, 2.24) is 14.7 Å². The zero-order valence-electron chi connectivity index (χ0n) is 18.7. The van der Waals surface area contributed by atoms with Gasteiger partial charge in [-0.2, -0.15) is 5.10 Å². The number of para-hydroxylation sites is 1. The summed E-state index contributed by atoms with van der Waals surface area (Å²) in [5.41, 5.74) is 6.85. The van der Waals surface area contributed by atoms with Crippen molar-refractivity contribution in [2.24, 2.45) is 0 Å². The molecule has 1 N–H and O–H groups in total. The predicted octanol–water partition coefficient (Wildman–Crippen LogP) is 5.56. The standard InChI is InChI=1S/C27H34N4/c1-2-22-12-6-7-14-25(22)31-27-24(13-8-9-17-28-27)26(29-31)23-15-18-30(19-16-23)20-21-10-4-3-5-11-21/h3-7,10-12,14,23,28H,2,8-9,13,15-20H2,1H3. The highest BCUT2D eigenvalue weighted by molar-refractivity contribution is 5.57. The normalized spacial score (nSPS) is 17.7. The van der Waals surface area contributed by atoms with Gasteiger partial charge in [0.25, 0.3) is 0 Å². The summed E-state index contributed by atoms with van der Waals surface area (Å²) in [5.74, 6) is 1.82. The molecule has 0 saturated carbocycles. The third kappa shape index (κ3) is 4.27. The first-order chi connectivity index (χ1) is 15.3. The number of likely N-dealkylation sites (tertiary alicyclic amines) is 1. The van der Waals surface area contributed by atoms with E-state index in [-0.39, 0.29) is 0 Å². The Morgan fingerprint density at radius 1 is 0.968 bits per heavy atom. The average molecular weight is 415 g/mol. The van der Waals surface area contributed by atoms with Gasteiger partial charge >= 0.3 is 0 Å². The molecular weight excluding hydrogens is 380 g/mol. The molecule has 1 aromatic heterocycles. The lowest BCUT2D eigenvalue weighted by Gasteiger charge is -2.31. The van der Waals surface area contributed by atoms with Crippen LogP contribution in [0.3, 0.4) is 0 Å². The minimum atomic E-state index is 0.565. The molecule has 0 atom stereocenters. The van der Waals surface area contributed by atoms with Crippen molar-refractivity contribution in [2.45, 2.75) is 57.9 Å². The third-order valence-corrected chi connectivity index (χ3v) is 6.98. The van der Waals surface area contributed by atoms with Crippen LogP contribution in [-0.2, 0) is 19.4 Å². The summed E-state index contributed by atoms with van der Waals surface area (Å²) in [6.45, 7) is 6.64. The first-order valence-electron chi connectivity index (χ1n) is 12.0.